The van der Waals surface area contributed by atoms with Gasteiger partial charge in [-0.15, -0.1) is 0 Å². The molecule has 4 N–H and O–H groups in total. The largest absolute Gasteiger partial charge is 0.402 e. The Morgan fingerprint density at radius 1 is 1.40 bits per heavy atom. The fourth-order valence-electron chi connectivity index (χ4n) is 1.04. The van der Waals surface area contributed by atoms with Crippen molar-refractivity contribution in [1.82, 2.24) is 0 Å². The van der Waals surface area contributed by atoms with Gasteiger partial charge in [0.05, 0.1) is 6.67 Å². The zero-order valence-electron chi connectivity index (χ0n) is 5.68. The summed E-state index contributed by atoms with van der Waals surface area (Å²) in [6.07, 6.45) is 3.99. The maximum atomic E-state index is 12.0. The molecule has 1 aliphatic rings. The summed E-state index contributed by atoms with van der Waals surface area (Å²) >= 11 is 0. The lowest BCUT2D eigenvalue weighted by Gasteiger charge is -2.13. The van der Waals surface area contributed by atoms with Crippen molar-refractivity contribution in [2.75, 3.05) is 6.67 Å². The second kappa shape index (κ2) is 2.73. The van der Waals surface area contributed by atoms with Gasteiger partial charge in [-0.25, -0.2) is 0 Å². The number of nitrogens with two attached hydrogens (primary N) is 2. The first-order chi connectivity index (χ1) is 4.72. The van der Waals surface area contributed by atoms with Crippen molar-refractivity contribution in [1.29, 1.82) is 0 Å². The molecule has 1 rings (SSSR count). The Morgan fingerprint density at radius 3 is 2.30 bits per heavy atom. The summed E-state index contributed by atoms with van der Waals surface area (Å²) in [5, 5.41) is 0. The zero-order chi connectivity index (χ0) is 7.56. The van der Waals surface area contributed by atoms with E-state index in [-0.39, 0.29) is 5.92 Å². The van der Waals surface area contributed by atoms with Gasteiger partial charge in [-0.2, -0.15) is 0 Å². The summed E-state index contributed by atoms with van der Waals surface area (Å²) in [6.45, 7) is -0.415. The lowest BCUT2D eigenvalue weighted by atomic mass is 10.0. The molecule has 0 bridgehead atoms. The van der Waals surface area contributed by atoms with Crippen LogP contribution in [0.3, 0.4) is 0 Å². The van der Waals surface area contributed by atoms with E-state index in [2.05, 4.69) is 0 Å². The molecule has 56 valence electrons. The van der Waals surface area contributed by atoms with Crippen molar-refractivity contribution in [3.05, 3.63) is 23.5 Å². The summed E-state index contributed by atoms with van der Waals surface area (Å²) in [7, 11) is 0. The van der Waals surface area contributed by atoms with Gasteiger partial charge >= 0.3 is 0 Å². The third-order valence-electron chi connectivity index (χ3n) is 1.44. The summed E-state index contributed by atoms with van der Waals surface area (Å²) in [5.41, 5.74) is 12.3. The van der Waals surface area contributed by atoms with Gasteiger partial charge in [0.25, 0.3) is 0 Å². The highest BCUT2D eigenvalue weighted by Crippen LogP contribution is 2.15. The number of hydrogen-bond donors (Lipinski definition) is 2. The minimum Gasteiger partial charge on any atom is -0.402 e. The van der Waals surface area contributed by atoms with Crippen LogP contribution in [-0.4, -0.2) is 6.67 Å². The van der Waals surface area contributed by atoms with Gasteiger partial charge in [0.1, 0.15) is 0 Å². The van der Waals surface area contributed by atoms with Crippen LogP contribution in [0.4, 0.5) is 4.39 Å². The van der Waals surface area contributed by atoms with Crippen LogP contribution in [-0.2, 0) is 0 Å². The second-order valence-corrected chi connectivity index (χ2v) is 2.48. The van der Waals surface area contributed by atoms with Gasteiger partial charge in [0.2, 0.25) is 0 Å². The molecular weight excluding hydrogens is 131 g/mol. The van der Waals surface area contributed by atoms with E-state index in [1.165, 1.54) is 0 Å². The molecule has 0 fully saturated rings. The van der Waals surface area contributed by atoms with E-state index in [0.29, 0.717) is 17.8 Å². The van der Waals surface area contributed by atoms with E-state index >= 15 is 0 Å². The third-order valence-corrected chi connectivity index (χ3v) is 1.44. The normalized spacial score (nSPS) is 20.1. The van der Waals surface area contributed by atoms with Gasteiger partial charge in [-0.05, 0) is 0 Å². The van der Waals surface area contributed by atoms with Gasteiger partial charge in [0, 0.05) is 23.7 Å². The van der Waals surface area contributed by atoms with Crippen LogP contribution in [0.5, 0.6) is 0 Å². The minimum atomic E-state index is -0.415. The molecule has 0 aromatic carbocycles. The van der Waals surface area contributed by atoms with E-state index < -0.39 is 6.67 Å². The van der Waals surface area contributed by atoms with Gasteiger partial charge in [0.15, 0.2) is 0 Å². The molecule has 0 saturated heterocycles. The Hall–Kier alpha value is -0.990. The highest BCUT2D eigenvalue weighted by molar-refractivity contribution is 5.21. The van der Waals surface area contributed by atoms with Crippen molar-refractivity contribution in [3.8, 4) is 0 Å². The average molecular weight is 142 g/mol. The lowest BCUT2D eigenvalue weighted by molar-refractivity contribution is 0.447. The Bertz CT molecular complexity index is 166. The Balaban J connectivity index is 2.67. The molecule has 0 aliphatic heterocycles. The first-order valence-electron chi connectivity index (χ1n) is 3.20. The molecule has 0 amide bonds. The molecule has 0 aromatic heterocycles. The van der Waals surface area contributed by atoms with E-state index in [1.54, 1.807) is 12.2 Å². The first-order valence-corrected chi connectivity index (χ1v) is 3.20. The summed E-state index contributed by atoms with van der Waals surface area (Å²) in [4.78, 5) is 0. The number of allylic oxidation sites excluding steroid dienone is 2. The van der Waals surface area contributed by atoms with Crippen molar-refractivity contribution in [3.63, 3.8) is 0 Å². The van der Waals surface area contributed by atoms with Crippen LogP contribution < -0.4 is 11.5 Å². The number of halogens is 1. The number of alkyl halides is 1. The molecule has 10 heavy (non-hydrogen) atoms. The molecule has 1 aliphatic carbocycles. The van der Waals surface area contributed by atoms with Crippen LogP contribution in [0.25, 0.3) is 0 Å². The van der Waals surface area contributed by atoms with Gasteiger partial charge < -0.3 is 11.5 Å². The predicted molar refractivity (Wildman–Crippen MR) is 38.6 cm³/mol. The molecule has 0 heterocycles. The number of rotatable bonds is 1. The van der Waals surface area contributed by atoms with E-state index in [0.717, 1.165) is 0 Å². The van der Waals surface area contributed by atoms with Gasteiger partial charge in [-0.1, -0.05) is 12.2 Å². The fraction of sp³-hybridized carbons (Fsp3) is 0.429. The molecule has 0 radical (unpaired) electrons. The Labute approximate surface area is 59.4 Å². The Kier molecular flexibility index (Phi) is 1.94. The molecule has 0 saturated carbocycles. The number of hydrogen-bond acceptors (Lipinski definition) is 2. The Morgan fingerprint density at radius 2 is 1.90 bits per heavy atom. The van der Waals surface area contributed by atoms with E-state index in [4.69, 9.17) is 11.5 Å². The highest BCUT2D eigenvalue weighted by atomic mass is 19.1. The summed E-state index contributed by atoms with van der Waals surface area (Å²) in [5.74, 6) is -0.200. The predicted octanol–water partition coefficient (Wildman–Crippen LogP) is 0.661. The van der Waals surface area contributed by atoms with Gasteiger partial charge in [-0.3, -0.25) is 4.39 Å². The molecule has 0 spiro atoms. The molecule has 0 atom stereocenters. The molecule has 2 nitrogen and oxygen atoms in total. The van der Waals surface area contributed by atoms with Crippen LogP contribution >= 0.6 is 0 Å². The second-order valence-electron chi connectivity index (χ2n) is 2.48. The molecule has 0 aromatic rings. The first kappa shape index (κ1) is 7.12. The van der Waals surface area contributed by atoms with Crippen LogP contribution in [0, 0.1) is 5.92 Å². The van der Waals surface area contributed by atoms with Crippen molar-refractivity contribution < 1.29 is 4.39 Å². The third kappa shape index (κ3) is 1.50. The molecular formula is C7H11FN2. The SMILES string of the molecule is NC1=CC(CF)C=C(N)C1. The van der Waals surface area contributed by atoms with Crippen LogP contribution in [0.1, 0.15) is 6.42 Å². The van der Waals surface area contributed by atoms with Crippen LogP contribution in [0.15, 0.2) is 23.5 Å². The monoisotopic (exact) mass is 142 g/mol. The standard InChI is InChI=1S/C7H11FN2/c8-4-5-1-6(9)3-7(10)2-5/h1-2,5H,3-4,9-10H2. The average Bonchev–Trinajstić information content (AvgIpc) is 1.85. The van der Waals surface area contributed by atoms with E-state index in [1.807, 2.05) is 0 Å². The van der Waals surface area contributed by atoms with Crippen LogP contribution in [0.2, 0.25) is 0 Å². The molecule has 3 heteroatoms. The fourth-order valence-corrected chi connectivity index (χ4v) is 1.04. The smallest absolute Gasteiger partial charge is 0.0993 e. The van der Waals surface area contributed by atoms with Crippen molar-refractivity contribution in [2.24, 2.45) is 17.4 Å². The summed E-state index contributed by atoms with van der Waals surface area (Å²) < 4.78 is 12.0. The zero-order valence-corrected chi connectivity index (χ0v) is 5.68. The highest BCUT2D eigenvalue weighted by Gasteiger charge is 2.09. The minimum absolute atomic E-state index is 0.200. The van der Waals surface area contributed by atoms with Crippen molar-refractivity contribution >= 4 is 0 Å². The van der Waals surface area contributed by atoms with Crippen molar-refractivity contribution in [2.45, 2.75) is 6.42 Å². The topological polar surface area (TPSA) is 52.0 Å². The molecule has 0 unspecified atom stereocenters. The lowest BCUT2D eigenvalue weighted by Crippen LogP contribution is -2.14. The maximum Gasteiger partial charge on any atom is 0.0993 e. The summed E-state index contributed by atoms with van der Waals surface area (Å²) in [6, 6.07) is 0. The maximum absolute atomic E-state index is 12.0. The quantitative estimate of drug-likeness (QED) is 0.565. The van der Waals surface area contributed by atoms with E-state index in [9.17, 15) is 4.39 Å².